The monoisotopic (exact) mass is 278 g/mol. The van der Waals surface area contributed by atoms with Gasteiger partial charge in [0.05, 0.1) is 13.1 Å². The molecule has 1 aromatic carbocycles. The molecule has 0 bridgehead atoms. The molecule has 102 valence electrons. The molecule has 0 aliphatic carbocycles. The second-order valence-corrected chi connectivity index (χ2v) is 5.38. The summed E-state index contributed by atoms with van der Waals surface area (Å²) >= 11 is 6.13. The third-order valence-corrected chi connectivity index (χ3v) is 3.08. The highest BCUT2D eigenvalue weighted by molar-refractivity contribution is 6.31. The van der Waals surface area contributed by atoms with Gasteiger partial charge in [-0.05, 0) is 24.1 Å². The number of hydrogen-bond acceptors (Lipinski definition) is 3. The van der Waals surface area contributed by atoms with E-state index >= 15 is 0 Å². The second kappa shape index (κ2) is 6.68. The minimum Gasteiger partial charge on any atom is -0.310 e. The van der Waals surface area contributed by atoms with Crippen LogP contribution in [-0.4, -0.2) is 21.3 Å². The molecule has 0 unspecified atom stereocenters. The molecule has 1 N–H and O–H groups in total. The first-order valence-corrected chi connectivity index (χ1v) is 6.85. The second-order valence-electron chi connectivity index (χ2n) is 4.97. The normalized spacial score (nSPS) is 11.2. The molecule has 2 aromatic rings. The van der Waals surface area contributed by atoms with Crippen molar-refractivity contribution in [3.63, 3.8) is 0 Å². The molecule has 0 saturated carbocycles. The predicted molar refractivity (Wildman–Crippen MR) is 77.1 cm³/mol. The van der Waals surface area contributed by atoms with Crippen LogP contribution in [0.15, 0.2) is 30.6 Å². The zero-order valence-electron chi connectivity index (χ0n) is 11.3. The van der Waals surface area contributed by atoms with Crippen molar-refractivity contribution >= 4 is 11.6 Å². The van der Waals surface area contributed by atoms with Gasteiger partial charge >= 0.3 is 0 Å². The predicted octanol–water partition coefficient (Wildman–Crippen LogP) is 2.73. The third-order valence-electron chi connectivity index (χ3n) is 2.71. The van der Waals surface area contributed by atoms with Gasteiger partial charge in [-0.15, -0.1) is 0 Å². The first-order valence-electron chi connectivity index (χ1n) is 6.47. The van der Waals surface area contributed by atoms with Crippen LogP contribution in [0, 0.1) is 5.92 Å². The van der Waals surface area contributed by atoms with Crippen molar-refractivity contribution < 1.29 is 0 Å². The summed E-state index contributed by atoms with van der Waals surface area (Å²) < 4.78 is 1.81. The first-order chi connectivity index (χ1) is 9.15. The molecule has 19 heavy (non-hydrogen) atoms. The molecule has 0 amide bonds. The highest BCUT2D eigenvalue weighted by atomic mass is 35.5. The Morgan fingerprint density at radius 2 is 2.11 bits per heavy atom. The summed E-state index contributed by atoms with van der Waals surface area (Å²) in [6.07, 6.45) is 1.75. The fourth-order valence-electron chi connectivity index (χ4n) is 1.76. The lowest BCUT2D eigenvalue weighted by Gasteiger charge is -2.05. The molecule has 0 aliphatic heterocycles. The number of aromatic nitrogens is 3. The molecule has 4 nitrogen and oxygen atoms in total. The van der Waals surface area contributed by atoms with Gasteiger partial charge in [0.25, 0.3) is 0 Å². The van der Waals surface area contributed by atoms with Gasteiger partial charge in [-0.25, -0.2) is 9.67 Å². The molecular weight excluding hydrogens is 260 g/mol. The maximum atomic E-state index is 6.13. The lowest BCUT2D eigenvalue weighted by molar-refractivity contribution is 0.539. The summed E-state index contributed by atoms with van der Waals surface area (Å²) in [6.45, 7) is 6.68. The smallest absolute Gasteiger partial charge is 0.164 e. The number of halogens is 1. The Kier molecular flexibility index (Phi) is 4.93. The van der Waals surface area contributed by atoms with Gasteiger partial charge in [0, 0.05) is 5.02 Å². The van der Waals surface area contributed by atoms with Gasteiger partial charge in [-0.3, -0.25) is 0 Å². The molecule has 0 saturated heterocycles. The number of hydrogen-bond donors (Lipinski definition) is 1. The van der Waals surface area contributed by atoms with Crippen molar-refractivity contribution in [3.05, 3.63) is 47.0 Å². The number of rotatable bonds is 6. The summed E-state index contributed by atoms with van der Waals surface area (Å²) in [5, 5.41) is 8.51. The van der Waals surface area contributed by atoms with Gasteiger partial charge in [-0.1, -0.05) is 43.6 Å². The molecule has 1 aromatic heterocycles. The lowest BCUT2D eigenvalue weighted by Crippen LogP contribution is -2.19. The average molecular weight is 279 g/mol. The maximum Gasteiger partial charge on any atom is 0.164 e. The number of nitrogens with zero attached hydrogens (tertiary/aromatic N) is 3. The van der Waals surface area contributed by atoms with E-state index in [0.717, 1.165) is 23.0 Å². The van der Waals surface area contributed by atoms with Crippen molar-refractivity contribution in [3.8, 4) is 0 Å². The first kappa shape index (κ1) is 14.0. The zero-order valence-corrected chi connectivity index (χ0v) is 12.1. The van der Waals surface area contributed by atoms with Gasteiger partial charge in [0.1, 0.15) is 6.33 Å². The van der Waals surface area contributed by atoms with Crippen molar-refractivity contribution in [2.45, 2.75) is 26.9 Å². The highest BCUT2D eigenvalue weighted by Crippen LogP contribution is 2.15. The summed E-state index contributed by atoms with van der Waals surface area (Å²) in [6, 6.07) is 7.79. The van der Waals surface area contributed by atoms with Crippen molar-refractivity contribution in [2.24, 2.45) is 5.92 Å². The zero-order chi connectivity index (χ0) is 13.7. The summed E-state index contributed by atoms with van der Waals surface area (Å²) in [4.78, 5) is 4.29. The van der Waals surface area contributed by atoms with Crippen LogP contribution in [0.3, 0.4) is 0 Å². The van der Waals surface area contributed by atoms with Crippen LogP contribution in [0.2, 0.25) is 5.02 Å². The van der Waals surface area contributed by atoms with Crippen molar-refractivity contribution in [1.29, 1.82) is 0 Å². The number of nitrogens with one attached hydrogen (secondary N) is 1. The largest absolute Gasteiger partial charge is 0.310 e. The molecular formula is C14H19ClN4. The van der Waals surface area contributed by atoms with Crippen LogP contribution in [0.25, 0.3) is 0 Å². The van der Waals surface area contributed by atoms with Crippen LogP contribution in [0.4, 0.5) is 0 Å². The van der Waals surface area contributed by atoms with E-state index in [-0.39, 0.29) is 0 Å². The summed E-state index contributed by atoms with van der Waals surface area (Å²) in [7, 11) is 0. The van der Waals surface area contributed by atoms with Crippen LogP contribution in [0.5, 0.6) is 0 Å². The fourth-order valence-corrected chi connectivity index (χ4v) is 1.96. The Labute approximate surface area is 118 Å². The maximum absolute atomic E-state index is 6.13. The topological polar surface area (TPSA) is 42.7 Å². The minimum absolute atomic E-state index is 0.630. The van der Waals surface area contributed by atoms with Crippen molar-refractivity contribution in [2.75, 3.05) is 6.54 Å². The van der Waals surface area contributed by atoms with Crippen molar-refractivity contribution in [1.82, 2.24) is 20.1 Å². The van der Waals surface area contributed by atoms with Crippen LogP contribution < -0.4 is 5.32 Å². The lowest BCUT2D eigenvalue weighted by atomic mass is 10.2. The van der Waals surface area contributed by atoms with E-state index in [4.69, 9.17) is 11.6 Å². The van der Waals surface area contributed by atoms with E-state index in [9.17, 15) is 0 Å². The SMILES string of the molecule is CC(C)CNCc1ncn(Cc2ccccc2Cl)n1. The Hall–Kier alpha value is -1.39. The van der Waals surface area contributed by atoms with Gasteiger partial charge < -0.3 is 5.32 Å². The van der Waals surface area contributed by atoms with Crippen LogP contribution >= 0.6 is 11.6 Å². The molecule has 0 radical (unpaired) electrons. The fraction of sp³-hybridized carbons (Fsp3) is 0.429. The Morgan fingerprint density at radius 1 is 1.32 bits per heavy atom. The average Bonchev–Trinajstić information content (AvgIpc) is 2.79. The summed E-state index contributed by atoms with van der Waals surface area (Å²) in [5.41, 5.74) is 1.05. The van der Waals surface area contributed by atoms with E-state index in [1.54, 1.807) is 6.33 Å². The molecule has 0 fully saturated rings. The van der Waals surface area contributed by atoms with E-state index in [1.165, 1.54) is 0 Å². The molecule has 1 heterocycles. The quantitative estimate of drug-likeness (QED) is 0.883. The number of benzene rings is 1. The summed E-state index contributed by atoms with van der Waals surface area (Å²) in [5.74, 6) is 1.44. The standard InChI is InChI=1S/C14H19ClN4/c1-11(2)7-16-8-14-17-10-19(18-14)9-12-5-3-4-6-13(12)15/h3-6,10-11,16H,7-9H2,1-2H3. The molecule has 5 heteroatoms. The Balaban J connectivity index is 1.92. The molecule has 0 spiro atoms. The van der Waals surface area contributed by atoms with Gasteiger partial charge in [-0.2, -0.15) is 5.10 Å². The van der Waals surface area contributed by atoms with Gasteiger partial charge in [0.15, 0.2) is 5.82 Å². The Morgan fingerprint density at radius 3 is 2.84 bits per heavy atom. The van der Waals surface area contributed by atoms with E-state index in [0.29, 0.717) is 19.0 Å². The van der Waals surface area contributed by atoms with E-state index in [1.807, 2.05) is 28.9 Å². The van der Waals surface area contributed by atoms with Crippen LogP contribution in [-0.2, 0) is 13.1 Å². The van der Waals surface area contributed by atoms with Crippen LogP contribution in [0.1, 0.15) is 25.2 Å². The van der Waals surface area contributed by atoms with Gasteiger partial charge in [0.2, 0.25) is 0 Å². The highest BCUT2D eigenvalue weighted by Gasteiger charge is 2.04. The minimum atomic E-state index is 0.630. The Bertz CT molecular complexity index is 522. The van der Waals surface area contributed by atoms with E-state index in [2.05, 4.69) is 29.2 Å². The molecule has 0 aliphatic rings. The third kappa shape index (κ3) is 4.33. The molecule has 0 atom stereocenters. The van der Waals surface area contributed by atoms with E-state index < -0.39 is 0 Å². The molecule has 2 rings (SSSR count).